The van der Waals surface area contributed by atoms with Gasteiger partial charge in [-0.15, -0.1) is 0 Å². The highest BCUT2D eigenvalue weighted by Gasteiger charge is 2.48. The molecule has 1 heterocycles. The summed E-state index contributed by atoms with van der Waals surface area (Å²) >= 11 is 0. The van der Waals surface area contributed by atoms with E-state index < -0.39 is 59.8 Å². The molecule has 0 aromatic carbocycles. The Labute approximate surface area is 344 Å². The van der Waals surface area contributed by atoms with Crippen LogP contribution in [0.1, 0.15) is 149 Å². The van der Waals surface area contributed by atoms with Gasteiger partial charge in [-0.25, -0.2) is 4.18 Å². The SMILES string of the molecule is CC/C=C\C/C=C\C/C=C\CCCCCCOCC(COC1OC(CO)C(O)C(OS(=O)(=O)O)C1O)OC(=O)CCCCCCC/C=C\C/C=C\CCCCCC. The molecule has 4 N–H and O–H groups in total. The van der Waals surface area contributed by atoms with Crippen molar-refractivity contribution >= 4 is 16.4 Å². The molecular weight excluding hydrogens is 753 g/mol. The third-order valence-corrected chi connectivity index (χ3v) is 9.84. The zero-order valence-electron chi connectivity index (χ0n) is 34.9. The van der Waals surface area contributed by atoms with Crippen LogP contribution in [0.5, 0.6) is 0 Å². The van der Waals surface area contributed by atoms with Gasteiger partial charge in [-0.3, -0.25) is 9.35 Å². The van der Waals surface area contributed by atoms with Crippen molar-refractivity contribution in [2.45, 2.75) is 185 Å². The summed E-state index contributed by atoms with van der Waals surface area (Å²) in [5.74, 6) is -0.424. The molecule has 0 aromatic rings. The van der Waals surface area contributed by atoms with Crippen molar-refractivity contribution in [1.29, 1.82) is 0 Å². The fourth-order valence-corrected chi connectivity index (χ4v) is 6.64. The predicted molar refractivity (Wildman–Crippen MR) is 225 cm³/mol. The second-order valence-electron chi connectivity index (χ2n) is 14.5. The van der Waals surface area contributed by atoms with Crippen molar-refractivity contribution in [2.24, 2.45) is 0 Å². The van der Waals surface area contributed by atoms with E-state index in [-0.39, 0.29) is 19.6 Å². The Hall–Kier alpha value is -2.20. The summed E-state index contributed by atoms with van der Waals surface area (Å²) in [6, 6.07) is 0. The smallest absolute Gasteiger partial charge is 0.397 e. The summed E-state index contributed by atoms with van der Waals surface area (Å²) in [4.78, 5) is 12.8. The Morgan fingerprint density at radius 3 is 1.77 bits per heavy atom. The number of carbonyl (C=O) groups is 1. The number of aliphatic hydroxyl groups is 3. The Balaban J connectivity index is 2.49. The van der Waals surface area contributed by atoms with E-state index in [1.165, 1.54) is 25.7 Å². The molecule has 0 spiro atoms. The lowest BCUT2D eigenvalue weighted by Crippen LogP contribution is -2.60. The standard InChI is InChI=1S/C44H76O12S/c1-3-5-7-9-11-13-15-17-19-20-21-23-25-27-29-31-33-40(46)54-38(36-52-34-32-30-28-26-24-22-18-16-14-12-10-8-6-4-2)37-53-44-42(48)43(56-57(49,50)51)41(47)39(35-45)55-44/h6,8,12-15,18-20,22,38-39,41-45,47-48H,3-5,7,9-11,16-17,21,23-37H2,1-2H3,(H,49,50,51)/b8-6-,14-12-,15-13-,20-19-,22-18-. The summed E-state index contributed by atoms with van der Waals surface area (Å²) in [5, 5.41) is 30.6. The van der Waals surface area contributed by atoms with Gasteiger partial charge in [0.25, 0.3) is 0 Å². The van der Waals surface area contributed by atoms with E-state index in [0.717, 1.165) is 96.3 Å². The van der Waals surface area contributed by atoms with Crippen molar-refractivity contribution < 1.29 is 56.2 Å². The van der Waals surface area contributed by atoms with Crippen LogP contribution in [-0.4, -0.2) is 97.5 Å². The van der Waals surface area contributed by atoms with Gasteiger partial charge in [0.15, 0.2) is 6.29 Å². The van der Waals surface area contributed by atoms with Gasteiger partial charge >= 0.3 is 16.4 Å². The van der Waals surface area contributed by atoms with Gasteiger partial charge in [0, 0.05) is 13.0 Å². The molecule has 57 heavy (non-hydrogen) atoms. The summed E-state index contributed by atoms with van der Waals surface area (Å²) in [6.07, 6.45) is 34.0. The van der Waals surface area contributed by atoms with Gasteiger partial charge in [-0.1, -0.05) is 126 Å². The van der Waals surface area contributed by atoms with Crippen LogP contribution < -0.4 is 0 Å². The zero-order valence-corrected chi connectivity index (χ0v) is 35.7. The lowest BCUT2D eigenvalue weighted by molar-refractivity contribution is -0.301. The first-order chi connectivity index (χ1) is 27.6. The number of allylic oxidation sites excluding steroid dienone is 10. The number of ether oxygens (including phenoxy) is 4. The largest absolute Gasteiger partial charge is 0.457 e. The van der Waals surface area contributed by atoms with Crippen molar-refractivity contribution in [3.05, 3.63) is 60.8 Å². The number of hydrogen-bond donors (Lipinski definition) is 4. The van der Waals surface area contributed by atoms with Crippen LogP contribution in [-0.2, 0) is 38.3 Å². The van der Waals surface area contributed by atoms with Crippen molar-refractivity contribution in [3.63, 3.8) is 0 Å². The minimum atomic E-state index is -5.07. The maximum atomic E-state index is 12.8. The highest BCUT2D eigenvalue weighted by atomic mass is 32.3. The quantitative estimate of drug-likeness (QED) is 0.0205. The average molecular weight is 829 g/mol. The minimum absolute atomic E-state index is 0.0122. The molecular formula is C44H76O12S. The van der Waals surface area contributed by atoms with E-state index in [4.69, 9.17) is 23.5 Å². The number of aliphatic hydroxyl groups excluding tert-OH is 3. The fraction of sp³-hybridized carbons (Fsp3) is 0.750. The highest BCUT2D eigenvalue weighted by Crippen LogP contribution is 2.26. The van der Waals surface area contributed by atoms with E-state index >= 15 is 0 Å². The van der Waals surface area contributed by atoms with E-state index in [9.17, 15) is 28.5 Å². The van der Waals surface area contributed by atoms with E-state index in [2.05, 4.69) is 78.8 Å². The summed E-state index contributed by atoms with van der Waals surface area (Å²) in [6.45, 7) is 3.76. The Kier molecular flexibility index (Phi) is 33.1. The second-order valence-corrected chi connectivity index (χ2v) is 15.6. The molecule has 6 atom stereocenters. The number of hydrogen-bond acceptors (Lipinski definition) is 11. The van der Waals surface area contributed by atoms with Crippen LogP contribution in [0.4, 0.5) is 0 Å². The number of esters is 1. The van der Waals surface area contributed by atoms with Crippen LogP contribution in [0.25, 0.3) is 0 Å². The maximum Gasteiger partial charge on any atom is 0.397 e. The first-order valence-electron chi connectivity index (χ1n) is 21.5. The molecule has 0 amide bonds. The molecule has 0 aromatic heterocycles. The van der Waals surface area contributed by atoms with Crippen LogP contribution in [0.15, 0.2) is 60.8 Å². The molecule has 1 aliphatic heterocycles. The average Bonchev–Trinajstić information content (AvgIpc) is 3.18. The molecule has 1 rings (SSSR count). The minimum Gasteiger partial charge on any atom is -0.457 e. The summed E-state index contributed by atoms with van der Waals surface area (Å²) in [7, 11) is -5.07. The molecule has 13 heteroatoms. The van der Waals surface area contributed by atoms with Crippen molar-refractivity contribution in [1.82, 2.24) is 0 Å². The fourth-order valence-electron chi connectivity index (χ4n) is 6.13. The third-order valence-electron chi connectivity index (χ3n) is 9.37. The van der Waals surface area contributed by atoms with Gasteiger partial charge < -0.3 is 34.3 Å². The second kappa shape index (κ2) is 35.7. The highest BCUT2D eigenvalue weighted by molar-refractivity contribution is 7.80. The van der Waals surface area contributed by atoms with Crippen LogP contribution in [0.3, 0.4) is 0 Å². The van der Waals surface area contributed by atoms with Gasteiger partial charge in [0.05, 0.1) is 19.8 Å². The molecule has 1 aliphatic rings. The zero-order chi connectivity index (χ0) is 41.8. The maximum absolute atomic E-state index is 12.8. The number of unbranched alkanes of at least 4 members (excludes halogenated alkanes) is 13. The molecule has 1 fully saturated rings. The monoisotopic (exact) mass is 829 g/mol. The van der Waals surface area contributed by atoms with E-state index in [0.29, 0.717) is 13.0 Å². The first-order valence-corrected chi connectivity index (χ1v) is 22.9. The lowest BCUT2D eigenvalue weighted by atomic mass is 9.99. The number of rotatable bonds is 36. The topological polar surface area (TPSA) is 178 Å². The summed E-state index contributed by atoms with van der Waals surface area (Å²) in [5.41, 5.74) is 0. The molecule has 12 nitrogen and oxygen atoms in total. The molecule has 330 valence electrons. The molecule has 0 aliphatic carbocycles. The van der Waals surface area contributed by atoms with E-state index in [1.807, 2.05) is 0 Å². The van der Waals surface area contributed by atoms with Gasteiger partial charge in [-0.2, -0.15) is 8.42 Å². The third kappa shape index (κ3) is 29.6. The molecule has 0 radical (unpaired) electrons. The molecule has 0 bridgehead atoms. The Bertz CT molecular complexity index is 1230. The van der Waals surface area contributed by atoms with Gasteiger partial charge in [-0.05, 0) is 77.0 Å². The number of carbonyl (C=O) groups excluding carboxylic acids is 1. The van der Waals surface area contributed by atoms with Gasteiger partial charge in [0.2, 0.25) is 0 Å². The first kappa shape index (κ1) is 52.8. The van der Waals surface area contributed by atoms with Crippen molar-refractivity contribution in [3.8, 4) is 0 Å². The molecule has 6 unspecified atom stereocenters. The normalized spacial score (nSPS) is 21.3. The molecule has 1 saturated heterocycles. The summed E-state index contributed by atoms with van der Waals surface area (Å²) < 4.78 is 58.9. The Morgan fingerprint density at radius 2 is 1.21 bits per heavy atom. The van der Waals surface area contributed by atoms with Crippen LogP contribution in [0, 0.1) is 0 Å². The van der Waals surface area contributed by atoms with Crippen molar-refractivity contribution in [2.75, 3.05) is 26.4 Å². The van der Waals surface area contributed by atoms with Gasteiger partial charge in [0.1, 0.15) is 30.5 Å². The van der Waals surface area contributed by atoms with Crippen LogP contribution in [0.2, 0.25) is 0 Å². The molecule has 0 saturated carbocycles. The van der Waals surface area contributed by atoms with Crippen LogP contribution >= 0.6 is 0 Å². The predicted octanol–water partition coefficient (Wildman–Crippen LogP) is 8.57. The Morgan fingerprint density at radius 1 is 0.684 bits per heavy atom. The van der Waals surface area contributed by atoms with E-state index in [1.54, 1.807) is 0 Å². The lowest BCUT2D eigenvalue weighted by Gasteiger charge is -2.41.